The molecular formula is C22H30N2O5S. The molecule has 30 heavy (non-hydrogen) atoms. The third kappa shape index (κ3) is 7.03. The smallest absolute Gasteiger partial charge is 0.338 e. The predicted octanol–water partition coefficient (Wildman–Crippen LogP) is 4.20. The van der Waals surface area contributed by atoms with Gasteiger partial charge in [-0.3, -0.25) is 4.72 Å². The van der Waals surface area contributed by atoms with Crippen molar-refractivity contribution in [2.24, 2.45) is 0 Å². The number of carbonyl (C=O) groups is 1. The first-order valence-corrected chi connectivity index (χ1v) is 11.5. The van der Waals surface area contributed by atoms with Gasteiger partial charge in [0.1, 0.15) is 4.90 Å². The number of carbonyl (C=O) groups excluding carboxylic acids is 1. The van der Waals surface area contributed by atoms with E-state index in [2.05, 4.69) is 10.0 Å². The Morgan fingerprint density at radius 1 is 1.10 bits per heavy atom. The molecule has 2 aromatic rings. The van der Waals surface area contributed by atoms with Gasteiger partial charge in [0.2, 0.25) is 0 Å². The van der Waals surface area contributed by atoms with Crippen molar-refractivity contribution in [1.29, 1.82) is 0 Å². The Labute approximate surface area is 178 Å². The average molecular weight is 435 g/mol. The van der Waals surface area contributed by atoms with Crippen LogP contribution >= 0.6 is 0 Å². The summed E-state index contributed by atoms with van der Waals surface area (Å²) in [4.78, 5) is 12.3. The molecule has 0 amide bonds. The van der Waals surface area contributed by atoms with E-state index in [0.29, 0.717) is 31.1 Å². The average Bonchev–Trinajstić information content (AvgIpc) is 2.69. The van der Waals surface area contributed by atoms with Gasteiger partial charge >= 0.3 is 5.97 Å². The lowest BCUT2D eigenvalue weighted by Crippen LogP contribution is -2.18. The lowest BCUT2D eigenvalue weighted by molar-refractivity contribution is 0.0377. The summed E-state index contributed by atoms with van der Waals surface area (Å²) >= 11 is 0. The highest BCUT2D eigenvalue weighted by atomic mass is 32.2. The van der Waals surface area contributed by atoms with Crippen molar-refractivity contribution in [3.8, 4) is 0 Å². The van der Waals surface area contributed by atoms with Crippen LogP contribution in [0.5, 0.6) is 0 Å². The highest BCUT2D eigenvalue weighted by molar-refractivity contribution is 7.92. The monoisotopic (exact) mass is 434 g/mol. The van der Waals surface area contributed by atoms with E-state index in [-0.39, 0.29) is 16.6 Å². The third-order valence-electron chi connectivity index (χ3n) is 4.14. The molecule has 0 atom stereocenters. The van der Waals surface area contributed by atoms with Crippen molar-refractivity contribution in [3.05, 3.63) is 53.6 Å². The molecule has 2 rings (SSSR count). The van der Waals surface area contributed by atoms with Gasteiger partial charge in [0, 0.05) is 25.4 Å². The second-order valence-corrected chi connectivity index (χ2v) is 8.76. The van der Waals surface area contributed by atoms with Crippen LogP contribution in [0.4, 0.5) is 11.4 Å². The number of hydrogen-bond acceptors (Lipinski definition) is 6. The molecule has 0 aliphatic heterocycles. The summed E-state index contributed by atoms with van der Waals surface area (Å²) in [5, 5.41) is 3.13. The van der Waals surface area contributed by atoms with Crippen molar-refractivity contribution >= 4 is 27.4 Å². The van der Waals surface area contributed by atoms with Gasteiger partial charge in [0.25, 0.3) is 10.0 Å². The summed E-state index contributed by atoms with van der Waals surface area (Å²) in [6.07, 6.45) is 0.412. The van der Waals surface area contributed by atoms with E-state index in [1.54, 1.807) is 38.1 Å². The predicted molar refractivity (Wildman–Crippen MR) is 119 cm³/mol. The van der Waals surface area contributed by atoms with E-state index in [1.807, 2.05) is 26.0 Å². The fourth-order valence-electron chi connectivity index (χ4n) is 2.67. The largest absolute Gasteiger partial charge is 0.459 e. The summed E-state index contributed by atoms with van der Waals surface area (Å²) in [5.74, 6) is -0.570. The molecule has 2 aromatic carbocycles. The topological polar surface area (TPSA) is 93.7 Å². The van der Waals surface area contributed by atoms with Crippen LogP contribution in [0.15, 0.2) is 47.4 Å². The molecule has 0 saturated carbocycles. The first kappa shape index (κ1) is 23.7. The Hall–Kier alpha value is -2.58. The number of anilines is 2. The van der Waals surface area contributed by atoms with Gasteiger partial charge in [-0.15, -0.1) is 0 Å². The number of benzene rings is 2. The van der Waals surface area contributed by atoms with E-state index in [4.69, 9.17) is 9.47 Å². The molecule has 8 heteroatoms. The molecule has 0 fully saturated rings. The normalized spacial score (nSPS) is 11.4. The van der Waals surface area contributed by atoms with E-state index >= 15 is 0 Å². The molecule has 0 saturated heterocycles. The molecule has 0 aliphatic rings. The molecule has 164 valence electrons. The molecule has 0 aliphatic carbocycles. The Morgan fingerprint density at radius 3 is 2.43 bits per heavy atom. The van der Waals surface area contributed by atoms with Crippen LogP contribution in [0.3, 0.4) is 0 Å². The number of nitrogens with one attached hydrogen (secondary N) is 2. The third-order valence-corrected chi connectivity index (χ3v) is 5.56. The molecule has 7 nitrogen and oxygen atoms in total. The summed E-state index contributed by atoms with van der Waals surface area (Å²) in [6.45, 7) is 9.06. The maximum Gasteiger partial charge on any atom is 0.338 e. The molecule has 0 aromatic heterocycles. The highest BCUT2D eigenvalue weighted by Crippen LogP contribution is 2.26. The zero-order chi connectivity index (χ0) is 22.1. The lowest BCUT2D eigenvalue weighted by atomic mass is 10.2. The number of ether oxygens (including phenoxy) is 2. The highest BCUT2D eigenvalue weighted by Gasteiger charge is 2.22. The number of rotatable bonds is 11. The minimum atomic E-state index is -3.94. The fraction of sp³-hybridized carbons (Fsp3) is 0.409. The second kappa shape index (κ2) is 11.0. The Kier molecular flexibility index (Phi) is 8.68. The molecule has 0 heterocycles. The summed E-state index contributed by atoms with van der Waals surface area (Å²) in [6, 6.07) is 11.5. The minimum absolute atomic E-state index is 0.0160. The van der Waals surface area contributed by atoms with Crippen LogP contribution in [0.2, 0.25) is 0 Å². The van der Waals surface area contributed by atoms with Gasteiger partial charge in [-0.2, -0.15) is 0 Å². The van der Waals surface area contributed by atoms with Crippen molar-refractivity contribution in [2.45, 2.75) is 45.1 Å². The van der Waals surface area contributed by atoms with Crippen molar-refractivity contribution in [2.75, 3.05) is 29.8 Å². The molecule has 0 bridgehead atoms. The van der Waals surface area contributed by atoms with Gasteiger partial charge in [0.15, 0.2) is 0 Å². The van der Waals surface area contributed by atoms with Crippen molar-refractivity contribution in [3.63, 3.8) is 0 Å². The molecule has 0 unspecified atom stereocenters. The van der Waals surface area contributed by atoms with E-state index in [9.17, 15) is 13.2 Å². The van der Waals surface area contributed by atoms with Crippen LogP contribution in [0.1, 0.15) is 43.1 Å². The molecular weight excluding hydrogens is 404 g/mol. The molecule has 0 radical (unpaired) electrons. The number of esters is 1. The Bertz CT molecular complexity index is 941. The Morgan fingerprint density at radius 2 is 1.80 bits per heavy atom. The van der Waals surface area contributed by atoms with Crippen LogP contribution in [0, 0.1) is 6.92 Å². The maximum absolute atomic E-state index is 13.1. The van der Waals surface area contributed by atoms with Crippen LogP contribution in [0.25, 0.3) is 0 Å². The van der Waals surface area contributed by atoms with Gasteiger partial charge in [-0.25, -0.2) is 13.2 Å². The quantitative estimate of drug-likeness (QED) is 0.407. The second-order valence-electron chi connectivity index (χ2n) is 7.11. The number of aryl methyl sites for hydroxylation is 1. The zero-order valence-electron chi connectivity index (χ0n) is 17.9. The van der Waals surface area contributed by atoms with Crippen LogP contribution < -0.4 is 10.0 Å². The van der Waals surface area contributed by atoms with E-state index in [0.717, 1.165) is 12.0 Å². The van der Waals surface area contributed by atoms with Crippen LogP contribution in [-0.2, 0) is 19.5 Å². The van der Waals surface area contributed by atoms with Crippen molar-refractivity contribution in [1.82, 2.24) is 0 Å². The van der Waals surface area contributed by atoms with Crippen molar-refractivity contribution < 1.29 is 22.7 Å². The standard InChI is InChI=1S/C22H30N2O5S/c1-5-28-14-6-13-23-20-12-9-18(22(25)29-16(2)3)15-21(20)30(26,27)24-19-10-7-17(4)8-11-19/h7-12,15-16,23-24H,5-6,13-14H2,1-4H3. The Balaban J connectivity index is 2.32. The minimum Gasteiger partial charge on any atom is -0.459 e. The van der Waals surface area contributed by atoms with E-state index < -0.39 is 16.0 Å². The molecule has 2 N–H and O–H groups in total. The zero-order valence-corrected chi connectivity index (χ0v) is 18.7. The fourth-order valence-corrected chi connectivity index (χ4v) is 3.94. The first-order chi connectivity index (χ1) is 14.2. The van der Waals surface area contributed by atoms with E-state index in [1.165, 1.54) is 6.07 Å². The van der Waals surface area contributed by atoms with Crippen LogP contribution in [-0.4, -0.2) is 40.2 Å². The van der Waals surface area contributed by atoms with Gasteiger partial charge in [-0.1, -0.05) is 17.7 Å². The van der Waals surface area contributed by atoms with Gasteiger partial charge in [0.05, 0.1) is 17.4 Å². The summed E-state index contributed by atoms with van der Waals surface area (Å²) in [7, 11) is -3.94. The number of sulfonamides is 1. The SMILES string of the molecule is CCOCCCNc1ccc(C(=O)OC(C)C)cc1S(=O)(=O)Nc1ccc(C)cc1. The number of hydrogen-bond donors (Lipinski definition) is 2. The summed E-state index contributed by atoms with van der Waals surface area (Å²) < 4.78 is 39.3. The summed E-state index contributed by atoms with van der Waals surface area (Å²) in [5.41, 5.74) is 2.05. The first-order valence-electron chi connectivity index (χ1n) is 9.99. The van der Waals surface area contributed by atoms with Gasteiger partial charge in [-0.05, 0) is 64.4 Å². The van der Waals surface area contributed by atoms with Gasteiger partial charge < -0.3 is 14.8 Å². The maximum atomic E-state index is 13.1. The molecule has 0 spiro atoms. The lowest BCUT2D eigenvalue weighted by Gasteiger charge is -2.16.